The molecule has 166 valence electrons. The fourth-order valence-corrected chi connectivity index (χ4v) is 3.81. The zero-order valence-electron chi connectivity index (χ0n) is 19.0. The summed E-state index contributed by atoms with van der Waals surface area (Å²) in [4.78, 5) is 6.14. The van der Waals surface area contributed by atoms with E-state index in [1.165, 1.54) is 0 Å². The van der Waals surface area contributed by atoms with Crippen LogP contribution in [-0.4, -0.2) is 45.7 Å². The number of para-hydroxylation sites is 1. The van der Waals surface area contributed by atoms with Gasteiger partial charge >= 0.3 is 0 Å². The predicted molar refractivity (Wildman–Crippen MR) is 127 cm³/mol. The molecule has 2 heterocycles. The molecular weight excluding hydrogens is 412 g/mol. The second-order valence-corrected chi connectivity index (χ2v) is 9.15. The van der Waals surface area contributed by atoms with Crippen LogP contribution in [0.2, 0.25) is 0 Å². The largest absolute Gasteiger partial charge is 0.505 e. The Balaban J connectivity index is 1.91. The molecule has 0 aliphatic carbocycles. The Hall–Kier alpha value is -3.07. The summed E-state index contributed by atoms with van der Waals surface area (Å²) in [5.41, 5.74) is 1.03. The van der Waals surface area contributed by atoms with Gasteiger partial charge in [-0.15, -0.1) is 0 Å². The minimum absolute atomic E-state index is 0.102. The van der Waals surface area contributed by atoms with Crippen molar-refractivity contribution < 1.29 is 9.52 Å². The lowest BCUT2D eigenvalue weighted by molar-refractivity contribution is 0.300. The number of phenolic OH excluding ortho intramolecular Hbond substituents is 1. The van der Waals surface area contributed by atoms with Gasteiger partial charge < -0.3 is 25.1 Å². The Morgan fingerprint density at radius 2 is 1.87 bits per heavy atom. The van der Waals surface area contributed by atoms with E-state index >= 15 is 0 Å². The van der Waals surface area contributed by atoms with Crippen molar-refractivity contribution in [3.63, 3.8) is 0 Å². The van der Waals surface area contributed by atoms with Crippen LogP contribution in [0.1, 0.15) is 43.9 Å². The van der Waals surface area contributed by atoms with Crippen molar-refractivity contribution in [2.75, 3.05) is 31.8 Å². The molecule has 0 aliphatic heterocycles. The summed E-state index contributed by atoms with van der Waals surface area (Å²) in [7, 11) is 5.47. The third-order valence-corrected chi connectivity index (χ3v) is 5.38. The van der Waals surface area contributed by atoms with E-state index in [2.05, 4.69) is 45.1 Å². The highest BCUT2D eigenvalue weighted by Gasteiger charge is 2.30. The average Bonchev–Trinajstić information content (AvgIpc) is 3.30. The van der Waals surface area contributed by atoms with Gasteiger partial charge in [-0.05, 0) is 36.6 Å². The zero-order valence-corrected chi connectivity index (χ0v) is 19.8. The van der Waals surface area contributed by atoms with Crippen molar-refractivity contribution in [2.45, 2.75) is 33.7 Å². The molecule has 0 fully saturated rings. The van der Waals surface area contributed by atoms with Gasteiger partial charge in [0.2, 0.25) is 0 Å². The molecule has 0 radical (unpaired) electrons. The number of rotatable bonds is 6. The highest BCUT2D eigenvalue weighted by Crippen LogP contribution is 2.39. The van der Waals surface area contributed by atoms with Gasteiger partial charge in [0.1, 0.15) is 23.1 Å². The van der Waals surface area contributed by atoms with E-state index in [1.807, 2.05) is 50.2 Å². The van der Waals surface area contributed by atoms with Gasteiger partial charge in [0.05, 0.1) is 29.0 Å². The van der Waals surface area contributed by atoms with Crippen LogP contribution in [0.15, 0.2) is 39.7 Å². The maximum atomic E-state index is 10.9. The van der Waals surface area contributed by atoms with E-state index in [0.717, 1.165) is 23.2 Å². The van der Waals surface area contributed by atoms with Gasteiger partial charge in [-0.2, -0.15) is 8.75 Å². The van der Waals surface area contributed by atoms with Crippen LogP contribution in [0.4, 0.5) is 17.3 Å². The lowest BCUT2D eigenvalue weighted by Crippen LogP contribution is -2.26. The smallest absolute Gasteiger partial charge is 0.188 e. The van der Waals surface area contributed by atoms with Crippen molar-refractivity contribution in [2.24, 2.45) is 10.4 Å². The highest BCUT2D eigenvalue weighted by molar-refractivity contribution is 6.99. The minimum atomic E-state index is -0.133. The highest BCUT2D eigenvalue weighted by atomic mass is 32.1. The zero-order chi connectivity index (χ0) is 22.8. The third kappa shape index (κ3) is 4.99. The number of aliphatic imine (C=N–C) groups is 1. The van der Waals surface area contributed by atoms with Crippen molar-refractivity contribution in [1.82, 2.24) is 13.6 Å². The molecule has 0 saturated carbocycles. The van der Waals surface area contributed by atoms with E-state index in [0.29, 0.717) is 28.7 Å². The number of aromatic hydroxyl groups is 1. The lowest BCUT2D eigenvalue weighted by atomic mass is 9.85. The number of benzene rings is 1. The SMILES string of the molecule is C/N=C(/c1cccc(Nc2nsnc2N[C@@H](c2ccc(C)o2)C(C)(C)C)c1O)N(C)C. The molecular formula is C22H30N6O2S. The molecule has 3 rings (SSSR count). The van der Waals surface area contributed by atoms with Crippen molar-refractivity contribution in [1.29, 1.82) is 0 Å². The van der Waals surface area contributed by atoms with E-state index in [4.69, 9.17) is 4.42 Å². The van der Waals surface area contributed by atoms with Crippen LogP contribution in [0, 0.1) is 12.3 Å². The number of nitrogens with one attached hydrogen (secondary N) is 2. The van der Waals surface area contributed by atoms with Gasteiger partial charge in [0.25, 0.3) is 0 Å². The van der Waals surface area contributed by atoms with Crippen LogP contribution < -0.4 is 10.6 Å². The maximum absolute atomic E-state index is 10.9. The number of hydrogen-bond acceptors (Lipinski definition) is 8. The molecule has 31 heavy (non-hydrogen) atoms. The summed E-state index contributed by atoms with van der Waals surface area (Å²) in [6.45, 7) is 8.34. The van der Waals surface area contributed by atoms with Gasteiger partial charge in [-0.1, -0.05) is 26.8 Å². The first-order chi connectivity index (χ1) is 14.6. The topological polar surface area (TPSA) is 98.8 Å². The number of amidine groups is 1. The molecule has 0 aliphatic rings. The third-order valence-electron chi connectivity index (χ3n) is 4.85. The van der Waals surface area contributed by atoms with E-state index in [-0.39, 0.29) is 17.2 Å². The van der Waals surface area contributed by atoms with Crippen LogP contribution >= 0.6 is 11.7 Å². The fraction of sp³-hybridized carbons (Fsp3) is 0.409. The molecule has 0 unspecified atom stereocenters. The van der Waals surface area contributed by atoms with Crippen LogP contribution in [0.5, 0.6) is 5.75 Å². The summed E-state index contributed by atoms with van der Waals surface area (Å²) in [5.74, 6) is 3.61. The molecule has 3 N–H and O–H groups in total. The number of aromatic nitrogens is 2. The predicted octanol–water partition coefficient (Wildman–Crippen LogP) is 5.03. The monoisotopic (exact) mass is 442 g/mol. The molecule has 3 aromatic rings. The summed E-state index contributed by atoms with van der Waals surface area (Å²) < 4.78 is 14.7. The molecule has 9 heteroatoms. The Labute approximate surface area is 187 Å². The number of hydrogen-bond donors (Lipinski definition) is 3. The first kappa shape index (κ1) is 22.6. The fourth-order valence-electron chi connectivity index (χ4n) is 3.34. The summed E-state index contributed by atoms with van der Waals surface area (Å²) in [6.07, 6.45) is 0. The molecule has 2 aromatic heterocycles. The van der Waals surface area contributed by atoms with Gasteiger partial charge in [0, 0.05) is 21.1 Å². The Bertz CT molecular complexity index is 1060. The summed E-state index contributed by atoms with van der Waals surface area (Å²) in [5, 5.41) is 17.6. The number of phenols is 1. The van der Waals surface area contributed by atoms with Crippen LogP contribution in [0.3, 0.4) is 0 Å². The Morgan fingerprint density at radius 1 is 1.16 bits per heavy atom. The molecule has 0 spiro atoms. The Morgan fingerprint density at radius 3 is 2.45 bits per heavy atom. The van der Waals surface area contributed by atoms with E-state index in [9.17, 15) is 5.11 Å². The molecule has 0 saturated heterocycles. The maximum Gasteiger partial charge on any atom is 0.188 e. The normalized spacial score (nSPS) is 13.2. The minimum Gasteiger partial charge on any atom is -0.505 e. The van der Waals surface area contributed by atoms with E-state index < -0.39 is 0 Å². The summed E-state index contributed by atoms with van der Waals surface area (Å²) >= 11 is 1.10. The standard InChI is InChI=1S/C22H30N6O2S/c1-13-11-12-16(30-13)18(22(2,3)4)25-20-19(26-31-27-20)24-15-10-8-9-14(17(15)29)21(23-5)28(6)7/h8-12,18,29H,1-7H3,(H,24,26)(H,25,27)/b23-21-/t18-/m0/s1. The number of nitrogens with zero attached hydrogens (tertiary/aromatic N) is 4. The van der Waals surface area contributed by atoms with Crippen LogP contribution in [-0.2, 0) is 0 Å². The second kappa shape index (κ2) is 8.97. The molecule has 0 bridgehead atoms. The number of aryl methyl sites for hydroxylation is 1. The Kier molecular flexibility index (Phi) is 6.54. The molecule has 1 aromatic carbocycles. The molecule has 8 nitrogen and oxygen atoms in total. The van der Waals surface area contributed by atoms with Crippen molar-refractivity contribution in [3.8, 4) is 5.75 Å². The quantitative estimate of drug-likeness (QED) is 0.280. The number of anilines is 3. The molecule has 0 amide bonds. The van der Waals surface area contributed by atoms with Gasteiger partial charge in [-0.25, -0.2) is 0 Å². The van der Waals surface area contributed by atoms with Gasteiger partial charge in [0.15, 0.2) is 11.6 Å². The summed E-state index contributed by atoms with van der Waals surface area (Å²) in [6, 6.07) is 9.31. The van der Waals surface area contributed by atoms with Crippen LogP contribution in [0.25, 0.3) is 0 Å². The lowest BCUT2D eigenvalue weighted by Gasteiger charge is -2.30. The average molecular weight is 443 g/mol. The second-order valence-electron chi connectivity index (χ2n) is 8.62. The number of furan rings is 1. The van der Waals surface area contributed by atoms with Crippen molar-refractivity contribution >= 4 is 34.9 Å². The first-order valence-corrected chi connectivity index (χ1v) is 10.7. The molecule has 1 atom stereocenters. The van der Waals surface area contributed by atoms with Crippen molar-refractivity contribution in [3.05, 3.63) is 47.4 Å². The van der Waals surface area contributed by atoms with E-state index in [1.54, 1.807) is 13.1 Å². The van der Waals surface area contributed by atoms with Gasteiger partial charge in [-0.3, -0.25) is 4.99 Å². The first-order valence-electron chi connectivity index (χ1n) is 10.0.